The molecule has 1 aliphatic heterocycles. The Kier molecular flexibility index (Phi) is 4.28. The van der Waals surface area contributed by atoms with Crippen LogP contribution in [-0.4, -0.2) is 6.61 Å². The molecular weight excluding hydrogens is 264 g/mol. The highest BCUT2D eigenvalue weighted by atomic mass is 79.9. The number of unbranched alkanes of at least 4 members (excludes halogenated alkanes) is 1. The third-order valence-corrected chi connectivity index (χ3v) is 4.09. The summed E-state index contributed by atoms with van der Waals surface area (Å²) in [6.45, 7) is 3.11. The van der Waals surface area contributed by atoms with E-state index in [4.69, 9.17) is 4.74 Å². The van der Waals surface area contributed by atoms with Gasteiger partial charge in [-0.25, -0.2) is 0 Å². The molecule has 0 fully saturated rings. The lowest BCUT2D eigenvalue weighted by Gasteiger charge is -2.19. The van der Waals surface area contributed by atoms with Crippen LogP contribution in [0.1, 0.15) is 48.6 Å². The van der Waals surface area contributed by atoms with Gasteiger partial charge in [0.05, 0.1) is 6.61 Å². The SMILES string of the molecule is CCCCC(Br)c1ccc2c(c1)CCCO2. The smallest absolute Gasteiger partial charge is 0.122 e. The van der Waals surface area contributed by atoms with E-state index in [1.807, 2.05) is 0 Å². The van der Waals surface area contributed by atoms with Crippen molar-refractivity contribution in [1.82, 2.24) is 0 Å². The molecule has 0 saturated heterocycles. The summed E-state index contributed by atoms with van der Waals surface area (Å²) >= 11 is 3.77. The number of alkyl halides is 1. The van der Waals surface area contributed by atoms with Gasteiger partial charge in [0.2, 0.25) is 0 Å². The minimum Gasteiger partial charge on any atom is -0.493 e. The molecule has 1 heterocycles. The number of rotatable bonds is 4. The van der Waals surface area contributed by atoms with Crippen LogP contribution in [0.4, 0.5) is 0 Å². The standard InChI is InChI=1S/C14H19BrO/c1-2-3-6-13(15)11-7-8-14-12(10-11)5-4-9-16-14/h7-8,10,13H,2-6,9H2,1H3. The highest BCUT2D eigenvalue weighted by Gasteiger charge is 2.13. The van der Waals surface area contributed by atoms with Gasteiger partial charge in [-0.05, 0) is 36.5 Å². The van der Waals surface area contributed by atoms with E-state index in [0.29, 0.717) is 4.83 Å². The van der Waals surface area contributed by atoms with Crippen LogP contribution in [0, 0.1) is 0 Å². The van der Waals surface area contributed by atoms with E-state index < -0.39 is 0 Å². The Labute approximate surface area is 106 Å². The molecule has 1 atom stereocenters. The molecule has 1 aromatic rings. The molecule has 16 heavy (non-hydrogen) atoms. The van der Waals surface area contributed by atoms with Crippen LogP contribution < -0.4 is 4.74 Å². The van der Waals surface area contributed by atoms with Crippen LogP contribution in [0.3, 0.4) is 0 Å². The molecule has 1 nitrogen and oxygen atoms in total. The largest absolute Gasteiger partial charge is 0.493 e. The summed E-state index contributed by atoms with van der Waals surface area (Å²) in [5.74, 6) is 1.09. The zero-order valence-corrected chi connectivity index (χ0v) is 11.4. The van der Waals surface area contributed by atoms with E-state index in [0.717, 1.165) is 25.2 Å². The predicted molar refractivity (Wildman–Crippen MR) is 71.5 cm³/mol. The Bertz CT molecular complexity index is 349. The molecule has 88 valence electrons. The van der Waals surface area contributed by atoms with Crippen LogP contribution in [0.2, 0.25) is 0 Å². The molecule has 1 unspecified atom stereocenters. The third-order valence-electron chi connectivity index (χ3n) is 3.11. The Morgan fingerprint density at radius 3 is 3.12 bits per heavy atom. The maximum absolute atomic E-state index is 5.62. The zero-order valence-electron chi connectivity index (χ0n) is 9.84. The fourth-order valence-corrected chi connectivity index (χ4v) is 2.73. The van der Waals surface area contributed by atoms with E-state index in [-0.39, 0.29) is 0 Å². The van der Waals surface area contributed by atoms with E-state index in [1.54, 1.807) is 0 Å². The van der Waals surface area contributed by atoms with Gasteiger partial charge < -0.3 is 4.74 Å². The van der Waals surface area contributed by atoms with Gasteiger partial charge in [0.25, 0.3) is 0 Å². The molecule has 0 N–H and O–H groups in total. The van der Waals surface area contributed by atoms with Crippen molar-refractivity contribution in [2.75, 3.05) is 6.61 Å². The third kappa shape index (κ3) is 2.79. The van der Waals surface area contributed by atoms with Gasteiger partial charge in [-0.3, -0.25) is 0 Å². The van der Waals surface area contributed by atoms with Gasteiger partial charge in [0.1, 0.15) is 5.75 Å². The molecule has 1 aliphatic rings. The minimum absolute atomic E-state index is 0.500. The van der Waals surface area contributed by atoms with Gasteiger partial charge in [0, 0.05) is 4.83 Å². The first-order valence-electron chi connectivity index (χ1n) is 6.21. The fourth-order valence-electron chi connectivity index (χ4n) is 2.13. The number of hydrogen-bond acceptors (Lipinski definition) is 1. The summed E-state index contributed by atoms with van der Waals surface area (Å²) in [5.41, 5.74) is 2.78. The van der Waals surface area contributed by atoms with Crippen molar-refractivity contribution in [2.24, 2.45) is 0 Å². The summed E-state index contributed by atoms with van der Waals surface area (Å²) in [7, 11) is 0. The number of benzene rings is 1. The van der Waals surface area contributed by atoms with E-state index in [9.17, 15) is 0 Å². The van der Waals surface area contributed by atoms with Gasteiger partial charge in [-0.15, -0.1) is 0 Å². The van der Waals surface area contributed by atoms with Crippen LogP contribution in [0.5, 0.6) is 5.75 Å². The molecule has 2 rings (SSSR count). The van der Waals surface area contributed by atoms with E-state index in [1.165, 1.54) is 30.4 Å². The monoisotopic (exact) mass is 282 g/mol. The topological polar surface area (TPSA) is 9.23 Å². The summed E-state index contributed by atoms with van der Waals surface area (Å²) < 4.78 is 5.62. The average Bonchev–Trinajstić information content (AvgIpc) is 2.35. The van der Waals surface area contributed by atoms with Gasteiger partial charge >= 0.3 is 0 Å². The molecule has 0 radical (unpaired) electrons. The van der Waals surface area contributed by atoms with Gasteiger partial charge in [0.15, 0.2) is 0 Å². The Morgan fingerprint density at radius 2 is 2.31 bits per heavy atom. The van der Waals surface area contributed by atoms with E-state index >= 15 is 0 Å². The van der Waals surface area contributed by atoms with Crippen LogP contribution in [-0.2, 0) is 6.42 Å². The second kappa shape index (κ2) is 5.72. The second-order valence-electron chi connectivity index (χ2n) is 4.43. The average molecular weight is 283 g/mol. The summed E-state index contributed by atoms with van der Waals surface area (Å²) in [6.07, 6.45) is 6.07. The quantitative estimate of drug-likeness (QED) is 0.731. The van der Waals surface area contributed by atoms with Crippen molar-refractivity contribution < 1.29 is 4.74 Å². The van der Waals surface area contributed by atoms with Gasteiger partial charge in [-0.1, -0.05) is 47.8 Å². The van der Waals surface area contributed by atoms with Crippen molar-refractivity contribution in [3.63, 3.8) is 0 Å². The summed E-state index contributed by atoms with van der Waals surface area (Å²) in [4.78, 5) is 0.500. The van der Waals surface area contributed by atoms with Gasteiger partial charge in [-0.2, -0.15) is 0 Å². The first kappa shape index (κ1) is 12.0. The van der Waals surface area contributed by atoms with Crippen molar-refractivity contribution in [1.29, 1.82) is 0 Å². The number of halogens is 1. The molecule has 0 bridgehead atoms. The first-order chi connectivity index (χ1) is 7.81. The van der Waals surface area contributed by atoms with Crippen LogP contribution in [0.15, 0.2) is 18.2 Å². The number of aryl methyl sites for hydroxylation is 1. The normalized spacial score (nSPS) is 16.4. The van der Waals surface area contributed by atoms with Crippen molar-refractivity contribution in [3.05, 3.63) is 29.3 Å². The Hall–Kier alpha value is -0.500. The molecular formula is C14H19BrO. The second-order valence-corrected chi connectivity index (χ2v) is 5.53. The van der Waals surface area contributed by atoms with Crippen molar-refractivity contribution in [2.45, 2.75) is 43.9 Å². The molecule has 0 saturated carbocycles. The fraction of sp³-hybridized carbons (Fsp3) is 0.571. The van der Waals surface area contributed by atoms with Crippen molar-refractivity contribution >= 4 is 15.9 Å². The number of hydrogen-bond donors (Lipinski definition) is 0. The lowest BCUT2D eigenvalue weighted by Crippen LogP contribution is -2.08. The predicted octanol–water partition coefficient (Wildman–Crippen LogP) is 4.64. The summed E-state index contributed by atoms with van der Waals surface area (Å²) in [6, 6.07) is 6.63. The molecule has 2 heteroatoms. The van der Waals surface area contributed by atoms with Crippen LogP contribution in [0.25, 0.3) is 0 Å². The Morgan fingerprint density at radius 1 is 1.44 bits per heavy atom. The Balaban J connectivity index is 2.10. The highest BCUT2D eigenvalue weighted by molar-refractivity contribution is 9.09. The molecule has 0 aliphatic carbocycles. The molecule has 0 spiro atoms. The van der Waals surface area contributed by atoms with Crippen molar-refractivity contribution in [3.8, 4) is 5.75 Å². The highest BCUT2D eigenvalue weighted by Crippen LogP contribution is 2.33. The van der Waals surface area contributed by atoms with Crippen LogP contribution >= 0.6 is 15.9 Å². The number of ether oxygens (including phenoxy) is 1. The zero-order chi connectivity index (χ0) is 11.4. The molecule has 0 amide bonds. The lowest BCUT2D eigenvalue weighted by molar-refractivity contribution is 0.288. The number of fused-ring (bicyclic) bond motifs is 1. The first-order valence-corrected chi connectivity index (χ1v) is 7.12. The summed E-state index contributed by atoms with van der Waals surface area (Å²) in [5, 5.41) is 0. The molecule has 0 aromatic heterocycles. The maximum atomic E-state index is 5.62. The maximum Gasteiger partial charge on any atom is 0.122 e. The van der Waals surface area contributed by atoms with E-state index in [2.05, 4.69) is 41.1 Å². The lowest BCUT2D eigenvalue weighted by atomic mass is 10.00. The minimum atomic E-state index is 0.500. The molecule has 1 aromatic carbocycles.